The highest BCUT2D eigenvalue weighted by Crippen LogP contribution is 2.27. The van der Waals surface area contributed by atoms with E-state index in [1.54, 1.807) is 16.6 Å². The van der Waals surface area contributed by atoms with Crippen LogP contribution in [0.15, 0.2) is 65.1 Å². The molecule has 1 N–H and O–H groups in total. The average molecular weight is 446 g/mol. The Hall–Kier alpha value is -3.98. The first-order valence-corrected chi connectivity index (χ1v) is 10.8. The average Bonchev–Trinajstić information content (AvgIpc) is 3.50. The minimum atomic E-state index is -0.335. The normalized spacial score (nSPS) is 11.1. The summed E-state index contributed by atoms with van der Waals surface area (Å²) >= 11 is 1.44. The number of fused-ring (bicyclic) bond motifs is 1. The third kappa shape index (κ3) is 4.10. The zero-order chi connectivity index (χ0) is 22.1. The minimum absolute atomic E-state index is 0.215. The van der Waals surface area contributed by atoms with Gasteiger partial charge in [-0.15, -0.1) is 10.2 Å². The topological polar surface area (TPSA) is 94.5 Å². The lowest BCUT2D eigenvalue weighted by molar-refractivity contribution is 0.0992. The van der Waals surface area contributed by atoms with Crippen molar-refractivity contribution >= 4 is 27.9 Å². The molecule has 8 nitrogen and oxygen atoms in total. The molecular formula is C23H19N5O3S. The van der Waals surface area contributed by atoms with E-state index in [1.165, 1.54) is 11.3 Å². The number of carbonyl (C=O) groups excluding carboxylic acids is 1. The molecular weight excluding hydrogens is 426 g/mol. The fraction of sp³-hybridized carbons (Fsp3) is 0.130. The number of anilines is 1. The van der Waals surface area contributed by atoms with Gasteiger partial charge in [0.2, 0.25) is 4.96 Å². The summed E-state index contributed by atoms with van der Waals surface area (Å²) in [6.45, 7) is 4.10. The molecule has 0 bridgehead atoms. The van der Waals surface area contributed by atoms with Gasteiger partial charge in [-0.05, 0) is 55.8 Å². The van der Waals surface area contributed by atoms with Gasteiger partial charge >= 0.3 is 0 Å². The number of aromatic nitrogens is 4. The monoisotopic (exact) mass is 445 g/mol. The number of ether oxygens (including phenoxy) is 1. The molecule has 0 radical (unpaired) electrons. The summed E-state index contributed by atoms with van der Waals surface area (Å²) in [6.07, 6.45) is 0. The Morgan fingerprint density at radius 1 is 1.09 bits per heavy atom. The first kappa shape index (κ1) is 20.0. The Morgan fingerprint density at radius 2 is 1.97 bits per heavy atom. The molecule has 32 heavy (non-hydrogen) atoms. The molecule has 9 heteroatoms. The van der Waals surface area contributed by atoms with E-state index in [-0.39, 0.29) is 18.3 Å². The lowest BCUT2D eigenvalue weighted by Crippen LogP contribution is -2.10. The van der Waals surface area contributed by atoms with Gasteiger partial charge in [0.25, 0.3) is 5.91 Å². The summed E-state index contributed by atoms with van der Waals surface area (Å²) in [7, 11) is 0. The number of nitrogens with zero attached hydrogens (tertiary/aromatic N) is 4. The first-order chi connectivity index (χ1) is 15.5. The Kier molecular flexibility index (Phi) is 5.16. The van der Waals surface area contributed by atoms with E-state index in [0.717, 1.165) is 32.7 Å². The maximum atomic E-state index is 12.7. The Bertz CT molecular complexity index is 1420. The molecule has 0 fully saturated rings. The number of benzene rings is 2. The summed E-state index contributed by atoms with van der Waals surface area (Å²) in [5.41, 5.74) is 2.64. The molecule has 0 aliphatic rings. The van der Waals surface area contributed by atoms with E-state index in [2.05, 4.69) is 20.6 Å². The van der Waals surface area contributed by atoms with Gasteiger partial charge in [-0.3, -0.25) is 4.79 Å². The van der Waals surface area contributed by atoms with Crippen LogP contribution < -0.4 is 10.1 Å². The third-order valence-corrected chi connectivity index (χ3v) is 5.72. The Morgan fingerprint density at radius 3 is 2.81 bits per heavy atom. The van der Waals surface area contributed by atoms with Crippen LogP contribution in [0.25, 0.3) is 15.5 Å². The molecule has 0 atom stereocenters. The predicted octanol–water partition coefficient (Wildman–Crippen LogP) is 4.89. The molecule has 0 spiro atoms. The highest BCUT2D eigenvalue weighted by atomic mass is 32.1. The number of amides is 1. The van der Waals surface area contributed by atoms with Crippen molar-refractivity contribution in [2.45, 2.75) is 20.5 Å². The van der Waals surface area contributed by atoms with Crippen LogP contribution in [-0.2, 0) is 6.61 Å². The second-order valence-electron chi connectivity index (χ2n) is 7.25. The van der Waals surface area contributed by atoms with Crippen molar-refractivity contribution in [2.75, 3.05) is 5.32 Å². The summed E-state index contributed by atoms with van der Waals surface area (Å²) in [5.74, 6) is 1.93. The van der Waals surface area contributed by atoms with Gasteiger partial charge in [0.05, 0.1) is 0 Å². The van der Waals surface area contributed by atoms with Crippen molar-refractivity contribution in [1.29, 1.82) is 0 Å². The van der Waals surface area contributed by atoms with Gasteiger partial charge in [-0.1, -0.05) is 35.6 Å². The first-order valence-electron chi connectivity index (χ1n) is 9.94. The lowest BCUT2D eigenvalue weighted by atomic mass is 10.2. The number of hydrogen-bond donors (Lipinski definition) is 1. The minimum Gasteiger partial charge on any atom is -0.486 e. The van der Waals surface area contributed by atoms with Crippen LogP contribution in [0.5, 0.6) is 5.75 Å². The van der Waals surface area contributed by atoms with Crippen LogP contribution in [0.4, 0.5) is 5.69 Å². The third-order valence-electron chi connectivity index (χ3n) is 4.77. The van der Waals surface area contributed by atoms with Gasteiger partial charge in [0, 0.05) is 11.3 Å². The summed E-state index contributed by atoms with van der Waals surface area (Å²) in [6, 6.07) is 18.6. The van der Waals surface area contributed by atoms with E-state index >= 15 is 0 Å². The van der Waals surface area contributed by atoms with Crippen molar-refractivity contribution in [1.82, 2.24) is 19.8 Å². The van der Waals surface area contributed by atoms with E-state index in [4.69, 9.17) is 9.15 Å². The fourth-order valence-corrected chi connectivity index (χ4v) is 4.07. The smallest absolute Gasteiger partial charge is 0.291 e. The molecule has 0 aliphatic heterocycles. The van der Waals surface area contributed by atoms with E-state index in [9.17, 15) is 4.79 Å². The van der Waals surface area contributed by atoms with Crippen LogP contribution in [0.1, 0.15) is 27.7 Å². The molecule has 160 valence electrons. The quantitative estimate of drug-likeness (QED) is 0.400. The number of rotatable bonds is 6. The van der Waals surface area contributed by atoms with Crippen molar-refractivity contribution < 1.29 is 13.9 Å². The molecule has 0 aliphatic carbocycles. The SMILES string of the molecule is Cc1cccc(OCc2ccc(C(=O)Nc3cccc(-c4nn5c(C)nnc5s4)c3)o2)c1. The largest absolute Gasteiger partial charge is 0.486 e. The molecule has 2 aromatic carbocycles. The van der Waals surface area contributed by atoms with Gasteiger partial charge in [-0.25, -0.2) is 0 Å². The number of nitrogens with one attached hydrogen (secondary N) is 1. The van der Waals surface area contributed by atoms with Gasteiger partial charge in [0.1, 0.15) is 23.1 Å². The fourth-order valence-electron chi connectivity index (χ4n) is 3.19. The molecule has 0 saturated heterocycles. The zero-order valence-electron chi connectivity index (χ0n) is 17.4. The summed E-state index contributed by atoms with van der Waals surface area (Å²) in [4.78, 5) is 13.4. The number of aryl methyl sites for hydroxylation is 2. The van der Waals surface area contributed by atoms with Crippen LogP contribution in [0.3, 0.4) is 0 Å². The summed E-state index contributed by atoms with van der Waals surface area (Å²) in [5, 5.41) is 16.3. The van der Waals surface area contributed by atoms with Crippen LogP contribution >= 0.6 is 11.3 Å². The van der Waals surface area contributed by atoms with Gasteiger partial charge < -0.3 is 14.5 Å². The second-order valence-corrected chi connectivity index (χ2v) is 8.21. The molecule has 1 amide bonds. The van der Waals surface area contributed by atoms with E-state index in [0.29, 0.717) is 11.4 Å². The predicted molar refractivity (Wildman–Crippen MR) is 121 cm³/mol. The Labute approximate surface area is 187 Å². The van der Waals surface area contributed by atoms with Crippen molar-refractivity contribution in [3.8, 4) is 16.3 Å². The Balaban J connectivity index is 1.26. The number of furan rings is 1. The van der Waals surface area contributed by atoms with Crippen LogP contribution in [0, 0.1) is 13.8 Å². The molecule has 0 unspecified atom stereocenters. The van der Waals surface area contributed by atoms with Crippen LogP contribution in [-0.4, -0.2) is 25.7 Å². The molecule has 0 saturated carbocycles. The summed E-state index contributed by atoms with van der Waals surface area (Å²) < 4.78 is 13.1. The van der Waals surface area contributed by atoms with Gasteiger partial charge in [-0.2, -0.15) is 9.61 Å². The van der Waals surface area contributed by atoms with E-state index < -0.39 is 0 Å². The van der Waals surface area contributed by atoms with Crippen LogP contribution in [0.2, 0.25) is 0 Å². The van der Waals surface area contributed by atoms with E-state index in [1.807, 2.05) is 62.4 Å². The number of hydrogen-bond acceptors (Lipinski definition) is 7. The van der Waals surface area contributed by atoms with Crippen molar-refractivity contribution in [3.05, 3.63) is 83.6 Å². The zero-order valence-corrected chi connectivity index (χ0v) is 18.2. The molecule has 5 rings (SSSR count). The standard InChI is InChI=1S/C23H19N5O3S/c1-14-5-3-8-18(11-14)30-13-19-9-10-20(31-19)21(29)24-17-7-4-6-16(12-17)22-27-28-15(2)25-26-23(28)32-22/h3-12H,13H2,1-2H3,(H,24,29). The molecule has 5 aromatic rings. The maximum Gasteiger partial charge on any atom is 0.291 e. The number of carbonyl (C=O) groups is 1. The van der Waals surface area contributed by atoms with Gasteiger partial charge in [0.15, 0.2) is 11.6 Å². The van der Waals surface area contributed by atoms with Crippen molar-refractivity contribution in [2.24, 2.45) is 0 Å². The maximum absolute atomic E-state index is 12.7. The highest BCUT2D eigenvalue weighted by Gasteiger charge is 2.14. The van der Waals surface area contributed by atoms with Crippen molar-refractivity contribution in [3.63, 3.8) is 0 Å². The molecule has 3 aromatic heterocycles. The highest BCUT2D eigenvalue weighted by molar-refractivity contribution is 7.19. The second kappa shape index (κ2) is 8.27. The molecule has 3 heterocycles. The lowest BCUT2D eigenvalue weighted by Gasteiger charge is -2.06.